The van der Waals surface area contributed by atoms with E-state index < -0.39 is 0 Å². The van der Waals surface area contributed by atoms with Crippen molar-refractivity contribution in [3.63, 3.8) is 0 Å². The Hall–Kier alpha value is -3.19. The number of nitrogens with zero attached hydrogens (tertiary/aromatic N) is 1. The Balaban J connectivity index is 1.42. The summed E-state index contributed by atoms with van der Waals surface area (Å²) in [5, 5.41) is 5.86. The van der Waals surface area contributed by atoms with Gasteiger partial charge in [-0.05, 0) is 73.4 Å². The van der Waals surface area contributed by atoms with Gasteiger partial charge in [0.2, 0.25) is 0 Å². The number of rotatable bonds is 8. The zero-order valence-electron chi connectivity index (χ0n) is 19.3. The number of imide groups is 1. The molecule has 4 amide bonds. The van der Waals surface area contributed by atoms with E-state index in [0.717, 1.165) is 24.8 Å². The van der Waals surface area contributed by atoms with Crippen LogP contribution in [0, 0.1) is 0 Å². The van der Waals surface area contributed by atoms with Crippen molar-refractivity contribution >= 4 is 23.5 Å². The SMILES string of the molecule is CCC(NC(=O)Nc1ccc2c(c1)C(=O)N(CCCOC)C2=O)c1ccc2c(c1)CCCC2. The first-order chi connectivity index (χ1) is 16.0. The lowest BCUT2D eigenvalue weighted by molar-refractivity contribution is 0.0638. The first-order valence-electron chi connectivity index (χ1n) is 11.7. The van der Waals surface area contributed by atoms with E-state index in [1.807, 2.05) is 6.92 Å². The highest BCUT2D eigenvalue weighted by Crippen LogP contribution is 2.28. The van der Waals surface area contributed by atoms with Crippen LogP contribution in [0.5, 0.6) is 0 Å². The number of fused-ring (bicyclic) bond motifs is 2. The molecule has 174 valence electrons. The minimum Gasteiger partial charge on any atom is -0.385 e. The number of urea groups is 1. The number of hydrogen-bond donors (Lipinski definition) is 2. The van der Waals surface area contributed by atoms with Gasteiger partial charge in [-0.1, -0.05) is 25.1 Å². The third kappa shape index (κ3) is 4.93. The van der Waals surface area contributed by atoms with Crippen molar-refractivity contribution in [3.8, 4) is 0 Å². The molecule has 7 nitrogen and oxygen atoms in total. The molecule has 1 aliphatic heterocycles. The molecule has 0 aromatic heterocycles. The molecule has 0 saturated heterocycles. The minimum atomic E-state index is -0.340. The van der Waals surface area contributed by atoms with Crippen LogP contribution in [0.4, 0.5) is 10.5 Å². The normalized spacial score (nSPS) is 15.8. The van der Waals surface area contributed by atoms with Crippen LogP contribution in [0.15, 0.2) is 36.4 Å². The summed E-state index contributed by atoms with van der Waals surface area (Å²) >= 11 is 0. The Morgan fingerprint density at radius 1 is 1.03 bits per heavy atom. The molecule has 1 heterocycles. The van der Waals surface area contributed by atoms with Crippen LogP contribution in [0.1, 0.15) is 76.1 Å². The van der Waals surface area contributed by atoms with E-state index in [4.69, 9.17) is 4.74 Å². The second-order valence-electron chi connectivity index (χ2n) is 8.66. The first-order valence-corrected chi connectivity index (χ1v) is 11.7. The summed E-state index contributed by atoms with van der Waals surface area (Å²) in [6.07, 6.45) is 6.02. The second kappa shape index (κ2) is 10.2. The number of anilines is 1. The number of hydrogen-bond acceptors (Lipinski definition) is 4. The van der Waals surface area contributed by atoms with E-state index in [1.165, 1.54) is 28.9 Å². The molecule has 1 atom stereocenters. The Labute approximate surface area is 194 Å². The predicted octanol–water partition coefficient (Wildman–Crippen LogP) is 4.47. The topological polar surface area (TPSA) is 87.7 Å². The number of nitrogens with one attached hydrogen (secondary N) is 2. The molecular formula is C26H31N3O4. The fourth-order valence-electron chi connectivity index (χ4n) is 4.66. The average molecular weight is 450 g/mol. The van der Waals surface area contributed by atoms with Gasteiger partial charge >= 0.3 is 6.03 Å². The van der Waals surface area contributed by atoms with Crippen molar-refractivity contribution < 1.29 is 19.1 Å². The summed E-state index contributed by atoms with van der Waals surface area (Å²) in [4.78, 5) is 39.2. The van der Waals surface area contributed by atoms with Crippen molar-refractivity contribution in [1.82, 2.24) is 10.2 Å². The van der Waals surface area contributed by atoms with Crippen LogP contribution in [-0.4, -0.2) is 43.0 Å². The molecule has 2 aromatic rings. The van der Waals surface area contributed by atoms with Gasteiger partial charge in [-0.3, -0.25) is 14.5 Å². The van der Waals surface area contributed by atoms with Crippen molar-refractivity contribution in [2.45, 2.75) is 51.5 Å². The van der Waals surface area contributed by atoms with Gasteiger partial charge in [-0.15, -0.1) is 0 Å². The van der Waals surface area contributed by atoms with E-state index in [1.54, 1.807) is 25.3 Å². The number of carbonyl (C=O) groups excluding carboxylic acids is 3. The molecule has 0 saturated carbocycles. The molecule has 2 aliphatic rings. The molecule has 7 heteroatoms. The van der Waals surface area contributed by atoms with Gasteiger partial charge < -0.3 is 15.4 Å². The molecule has 0 fully saturated rings. The summed E-state index contributed by atoms with van der Waals surface area (Å²) in [5.74, 6) is -0.642. The van der Waals surface area contributed by atoms with Crippen molar-refractivity contribution in [1.29, 1.82) is 0 Å². The lowest BCUT2D eigenvalue weighted by atomic mass is 9.89. The number of amides is 4. The highest BCUT2D eigenvalue weighted by atomic mass is 16.5. The van der Waals surface area contributed by atoms with Gasteiger partial charge in [-0.25, -0.2) is 4.79 Å². The molecule has 1 unspecified atom stereocenters. The molecule has 0 radical (unpaired) electrons. The van der Waals surface area contributed by atoms with E-state index >= 15 is 0 Å². The highest BCUT2D eigenvalue weighted by Gasteiger charge is 2.35. The Kier molecular flexibility index (Phi) is 7.08. The quantitative estimate of drug-likeness (QED) is 0.460. The molecule has 2 N–H and O–H groups in total. The zero-order chi connectivity index (χ0) is 23.4. The fraction of sp³-hybridized carbons (Fsp3) is 0.423. The zero-order valence-corrected chi connectivity index (χ0v) is 19.3. The average Bonchev–Trinajstić information content (AvgIpc) is 3.06. The third-order valence-electron chi connectivity index (χ3n) is 6.45. The minimum absolute atomic E-state index is 0.105. The maximum atomic E-state index is 12.7. The standard InChI is InChI=1S/C26H31N3O4/c1-3-23(19-10-9-17-7-4-5-8-18(17)15-19)28-26(32)27-20-11-12-21-22(16-20)25(31)29(24(21)30)13-6-14-33-2/h9-12,15-16,23H,3-8,13-14H2,1-2H3,(H2,27,28,32). The van der Waals surface area contributed by atoms with Crippen LogP contribution < -0.4 is 10.6 Å². The smallest absolute Gasteiger partial charge is 0.319 e. The van der Waals surface area contributed by atoms with Gasteiger partial charge in [0, 0.05) is 25.9 Å². The highest BCUT2D eigenvalue weighted by molar-refractivity contribution is 6.21. The molecule has 0 bridgehead atoms. The Morgan fingerprint density at radius 2 is 1.79 bits per heavy atom. The van der Waals surface area contributed by atoms with Crippen LogP contribution in [0.3, 0.4) is 0 Å². The molecular weight excluding hydrogens is 418 g/mol. The van der Waals surface area contributed by atoms with Crippen LogP contribution >= 0.6 is 0 Å². The molecule has 1 aliphatic carbocycles. The molecule has 0 spiro atoms. The van der Waals surface area contributed by atoms with Gasteiger partial charge in [-0.2, -0.15) is 0 Å². The predicted molar refractivity (Wildman–Crippen MR) is 127 cm³/mol. The number of benzene rings is 2. The van der Waals surface area contributed by atoms with Crippen molar-refractivity contribution in [2.24, 2.45) is 0 Å². The monoisotopic (exact) mass is 449 g/mol. The summed E-state index contributed by atoms with van der Waals surface area (Å²) < 4.78 is 5.01. The van der Waals surface area contributed by atoms with E-state index in [9.17, 15) is 14.4 Å². The van der Waals surface area contributed by atoms with Crippen molar-refractivity contribution in [3.05, 3.63) is 64.2 Å². The number of ether oxygens (including phenoxy) is 1. The fourth-order valence-corrected chi connectivity index (χ4v) is 4.66. The number of methoxy groups -OCH3 is 1. The molecule has 4 rings (SSSR count). The van der Waals surface area contributed by atoms with Gasteiger partial charge in [0.15, 0.2) is 0 Å². The largest absolute Gasteiger partial charge is 0.385 e. The lowest BCUT2D eigenvalue weighted by Crippen LogP contribution is -2.32. The van der Waals surface area contributed by atoms with Gasteiger partial charge in [0.05, 0.1) is 17.2 Å². The van der Waals surface area contributed by atoms with Crippen LogP contribution in [0.2, 0.25) is 0 Å². The summed E-state index contributed by atoms with van der Waals surface area (Å²) in [7, 11) is 1.58. The summed E-state index contributed by atoms with van der Waals surface area (Å²) in [6, 6.07) is 10.9. The van der Waals surface area contributed by atoms with E-state index in [0.29, 0.717) is 36.4 Å². The Bertz CT molecular complexity index is 1070. The van der Waals surface area contributed by atoms with Crippen LogP contribution in [-0.2, 0) is 17.6 Å². The van der Waals surface area contributed by atoms with Gasteiger partial charge in [0.1, 0.15) is 0 Å². The lowest BCUT2D eigenvalue weighted by Gasteiger charge is -2.22. The maximum Gasteiger partial charge on any atom is 0.319 e. The summed E-state index contributed by atoms with van der Waals surface area (Å²) in [6.45, 7) is 2.83. The molecule has 2 aromatic carbocycles. The number of carbonyl (C=O) groups is 3. The van der Waals surface area contributed by atoms with Crippen LogP contribution in [0.25, 0.3) is 0 Å². The van der Waals surface area contributed by atoms with E-state index in [-0.39, 0.29) is 23.9 Å². The second-order valence-corrected chi connectivity index (χ2v) is 8.66. The maximum absolute atomic E-state index is 12.7. The van der Waals surface area contributed by atoms with E-state index in [2.05, 4.69) is 28.8 Å². The Morgan fingerprint density at radius 3 is 2.55 bits per heavy atom. The molecule has 33 heavy (non-hydrogen) atoms. The van der Waals surface area contributed by atoms with Crippen molar-refractivity contribution in [2.75, 3.05) is 25.6 Å². The third-order valence-corrected chi connectivity index (χ3v) is 6.45. The summed E-state index contributed by atoms with van der Waals surface area (Å²) in [5.41, 5.74) is 5.07. The van der Waals surface area contributed by atoms with Gasteiger partial charge in [0.25, 0.3) is 11.8 Å². The first kappa shape index (κ1) is 23.0. The number of aryl methyl sites for hydroxylation is 2.